The monoisotopic (exact) mass is 284 g/mol. The standard InChI is InChI=1S/C17H20N2O2/c1-21-12-14-9-5-6-10-16(14)19-17(20)15(18)11-13-7-3-2-4-8-13/h2-10,15H,11-12,18H2,1H3,(H,19,20)/t15-/m0/s1. The second-order valence-electron chi connectivity index (χ2n) is 4.88. The smallest absolute Gasteiger partial charge is 0.241 e. The van der Waals surface area contributed by atoms with Crippen LogP contribution in [0.1, 0.15) is 11.1 Å². The lowest BCUT2D eigenvalue weighted by Gasteiger charge is -2.14. The minimum Gasteiger partial charge on any atom is -0.380 e. The third-order valence-electron chi connectivity index (χ3n) is 3.21. The molecule has 4 heteroatoms. The van der Waals surface area contributed by atoms with Crippen molar-refractivity contribution in [3.63, 3.8) is 0 Å². The molecule has 110 valence electrons. The van der Waals surface area contributed by atoms with Crippen molar-refractivity contribution in [3.8, 4) is 0 Å². The summed E-state index contributed by atoms with van der Waals surface area (Å²) in [6.07, 6.45) is 0.513. The molecule has 0 radical (unpaired) electrons. The quantitative estimate of drug-likeness (QED) is 0.855. The molecule has 0 heterocycles. The number of methoxy groups -OCH3 is 1. The predicted molar refractivity (Wildman–Crippen MR) is 83.9 cm³/mol. The molecule has 0 bridgehead atoms. The molecule has 0 saturated heterocycles. The molecular weight excluding hydrogens is 264 g/mol. The van der Waals surface area contributed by atoms with Crippen LogP contribution in [0.25, 0.3) is 0 Å². The number of rotatable bonds is 6. The fourth-order valence-electron chi connectivity index (χ4n) is 2.11. The van der Waals surface area contributed by atoms with Crippen molar-refractivity contribution in [2.24, 2.45) is 5.73 Å². The summed E-state index contributed by atoms with van der Waals surface area (Å²) in [5.74, 6) is -0.192. The highest BCUT2D eigenvalue weighted by Gasteiger charge is 2.15. The molecule has 21 heavy (non-hydrogen) atoms. The molecule has 4 nitrogen and oxygen atoms in total. The van der Waals surface area contributed by atoms with E-state index in [1.54, 1.807) is 7.11 Å². The number of para-hydroxylation sites is 1. The zero-order valence-electron chi connectivity index (χ0n) is 12.1. The van der Waals surface area contributed by atoms with Gasteiger partial charge in [-0.2, -0.15) is 0 Å². The molecule has 0 fully saturated rings. The molecular formula is C17H20N2O2. The van der Waals surface area contributed by atoms with Crippen LogP contribution in [0.5, 0.6) is 0 Å². The predicted octanol–water partition coefficient (Wildman–Crippen LogP) is 2.34. The molecule has 1 atom stereocenters. The maximum atomic E-state index is 12.2. The Balaban J connectivity index is 2.01. The molecule has 2 aromatic carbocycles. The van der Waals surface area contributed by atoms with Crippen LogP contribution in [-0.4, -0.2) is 19.1 Å². The number of benzene rings is 2. The van der Waals surface area contributed by atoms with E-state index in [9.17, 15) is 4.79 Å². The molecule has 0 aromatic heterocycles. The minimum absolute atomic E-state index is 0.192. The summed E-state index contributed by atoms with van der Waals surface area (Å²) in [4.78, 5) is 12.2. The van der Waals surface area contributed by atoms with E-state index in [-0.39, 0.29) is 5.91 Å². The summed E-state index contributed by atoms with van der Waals surface area (Å²) in [5, 5.41) is 2.87. The molecule has 0 saturated carbocycles. The number of nitrogens with two attached hydrogens (primary N) is 1. The van der Waals surface area contributed by atoms with Gasteiger partial charge in [0.25, 0.3) is 0 Å². The lowest BCUT2D eigenvalue weighted by atomic mass is 10.1. The normalized spacial score (nSPS) is 11.9. The lowest BCUT2D eigenvalue weighted by Crippen LogP contribution is -2.37. The first-order valence-electron chi connectivity index (χ1n) is 6.88. The summed E-state index contributed by atoms with van der Waals surface area (Å²) >= 11 is 0. The van der Waals surface area contributed by atoms with Crippen LogP contribution in [0.2, 0.25) is 0 Å². The largest absolute Gasteiger partial charge is 0.380 e. The first kappa shape index (κ1) is 15.2. The molecule has 0 unspecified atom stereocenters. The first-order valence-corrected chi connectivity index (χ1v) is 6.88. The molecule has 1 amide bonds. The van der Waals surface area contributed by atoms with Crippen molar-refractivity contribution in [1.82, 2.24) is 0 Å². The fourth-order valence-corrected chi connectivity index (χ4v) is 2.11. The van der Waals surface area contributed by atoms with Crippen LogP contribution in [-0.2, 0) is 22.6 Å². The van der Waals surface area contributed by atoms with E-state index in [0.717, 1.165) is 16.8 Å². The zero-order valence-corrected chi connectivity index (χ0v) is 12.1. The average Bonchev–Trinajstić information content (AvgIpc) is 2.50. The number of ether oxygens (including phenoxy) is 1. The van der Waals surface area contributed by atoms with Crippen molar-refractivity contribution < 1.29 is 9.53 Å². The number of nitrogens with one attached hydrogen (secondary N) is 1. The Morgan fingerprint density at radius 2 is 1.81 bits per heavy atom. The maximum Gasteiger partial charge on any atom is 0.241 e. The fraction of sp³-hybridized carbons (Fsp3) is 0.235. The minimum atomic E-state index is -0.581. The number of hydrogen-bond acceptors (Lipinski definition) is 3. The van der Waals surface area contributed by atoms with Crippen LogP contribution in [0.4, 0.5) is 5.69 Å². The van der Waals surface area contributed by atoms with E-state index in [0.29, 0.717) is 13.0 Å². The number of anilines is 1. The highest BCUT2D eigenvalue weighted by atomic mass is 16.5. The van der Waals surface area contributed by atoms with Gasteiger partial charge < -0.3 is 15.8 Å². The van der Waals surface area contributed by atoms with Crippen molar-refractivity contribution in [3.05, 3.63) is 65.7 Å². The number of carbonyl (C=O) groups is 1. The van der Waals surface area contributed by atoms with E-state index in [1.165, 1.54) is 0 Å². The topological polar surface area (TPSA) is 64.3 Å². The van der Waals surface area contributed by atoms with Gasteiger partial charge in [0.1, 0.15) is 0 Å². The summed E-state index contributed by atoms with van der Waals surface area (Å²) in [6.45, 7) is 0.449. The molecule has 2 aromatic rings. The molecule has 0 aliphatic rings. The third kappa shape index (κ3) is 4.41. The molecule has 0 aliphatic heterocycles. The van der Waals surface area contributed by atoms with Gasteiger partial charge in [-0.1, -0.05) is 48.5 Å². The van der Waals surface area contributed by atoms with Gasteiger partial charge in [0.15, 0.2) is 0 Å². The number of hydrogen-bond donors (Lipinski definition) is 2. The van der Waals surface area contributed by atoms with E-state index in [1.807, 2.05) is 54.6 Å². The van der Waals surface area contributed by atoms with Crippen LogP contribution in [0.3, 0.4) is 0 Å². The van der Waals surface area contributed by atoms with Gasteiger partial charge in [0.05, 0.1) is 12.6 Å². The molecule has 3 N–H and O–H groups in total. The maximum absolute atomic E-state index is 12.2. The Morgan fingerprint density at radius 3 is 2.52 bits per heavy atom. The van der Waals surface area contributed by atoms with Gasteiger partial charge in [-0.25, -0.2) is 0 Å². The van der Waals surface area contributed by atoms with Gasteiger partial charge in [0.2, 0.25) is 5.91 Å². The lowest BCUT2D eigenvalue weighted by molar-refractivity contribution is -0.117. The molecule has 0 aliphatic carbocycles. The van der Waals surface area contributed by atoms with Crippen LogP contribution in [0, 0.1) is 0 Å². The average molecular weight is 284 g/mol. The highest BCUT2D eigenvalue weighted by Crippen LogP contribution is 2.16. The number of amides is 1. The second kappa shape index (κ2) is 7.57. The van der Waals surface area contributed by atoms with Gasteiger partial charge in [-0.3, -0.25) is 4.79 Å². The van der Waals surface area contributed by atoms with Crippen molar-refractivity contribution in [2.45, 2.75) is 19.1 Å². The van der Waals surface area contributed by atoms with Crippen molar-refractivity contribution in [1.29, 1.82) is 0 Å². The number of carbonyl (C=O) groups excluding carboxylic acids is 1. The van der Waals surface area contributed by atoms with Gasteiger partial charge in [0, 0.05) is 18.4 Å². The Morgan fingerprint density at radius 1 is 1.14 bits per heavy atom. The highest BCUT2D eigenvalue weighted by molar-refractivity contribution is 5.95. The van der Waals surface area contributed by atoms with E-state index < -0.39 is 6.04 Å². The summed E-state index contributed by atoms with van der Waals surface area (Å²) in [5.41, 5.74) is 8.70. The first-order chi connectivity index (χ1) is 10.2. The Kier molecular flexibility index (Phi) is 5.49. The zero-order chi connectivity index (χ0) is 15.1. The summed E-state index contributed by atoms with van der Waals surface area (Å²) in [7, 11) is 1.62. The Labute approximate surface area is 124 Å². The van der Waals surface area contributed by atoms with Crippen LogP contribution < -0.4 is 11.1 Å². The van der Waals surface area contributed by atoms with Gasteiger partial charge >= 0.3 is 0 Å². The summed E-state index contributed by atoms with van der Waals surface area (Å²) in [6, 6.07) is 16.7. The molecule has 2 rings (SSSR count). The van der Waals surface area contributed by atoms with E-state index >= 15 is 0 Å². The SMILES string of the molecule is COCc1ccccc1NC(=O)[C@@H](N)Cc1ccccc1. The molecule has 0 spiro atoms. The van der Waals surface area contributed by atoms with Gasteiger partial charge in [-0.05, 0) is 18.1 Å². The van der Waals surface area contributed by atoms with Gasteiger partial charge in [-0.15, -0.1) is 0 Å². The summed E-state index contributed by atoms with van der Waals surface area (Å²) < 4.78 is 5.12. The van der Waals surface area contributed by atoms with E-state index in [4.69, 9.17) is 10.5 Å². The second-order valence-corrected chi connectivity index (χ2v) is 4.88. The van der Waals surface area contributed by atoms with Crippen LogP contribution >= 0.6 is 0 Å². The Bertz CT molecular complexity index is 584. The van der Waals surface area contributed by atoms with Crippen LogP contribution in [0.15, 0.2) is 54.6 Å². The van der Waals surface area contributed by atoms with Crippen molar-refractivity contribution in [2.75, 3.05) is 12.4 Å². The van der Waals surface area contributed by atoms with Crippen molar-refractivity contribution >= 4 is 11.6 Å². The third-order valence-corrected chi connectivity index (χ3v) is 3.21. The van der Waals surface area contributed by atoms with E-state index in [2.05, 4.69) is 5.32 Å². The Hall–Kier alpha value is -2.17.